The van der Waals surface area contributed by atoms with Crippen LogP contribution in [0.5, 0.6) is 0 Å². The van der Waals surface area contributed by atoms with E-state index in [1.54, 1.807) is 35.8 Å². The first-order chi connectivity index (χ1) is 15.6. The Balaban J connectivity index is 1.38. The maximum absolute atomic E-state index is 13.1. The SMILES string of the molecule is O=C(Cn1cnc(-c2cccc([N+](=O)[O-])c2)n1)N1N=C(c2cccs2)CC1c1ccco1. The molecule has 0 bridgehead atoms. The number of aromatic nitrogens is 3. The van der Waals surface area contributed by atoms with Gasteiger partial charge in [0.15, 0.2) is 5.82 Å². The number of rotatable bonds is 6. The Kier molecular flexibility index (Phi) is 5.07. The number of amides is 1. The van der Waals surface area contributed by atoms with Gasteiger partial charge in [-0.25, -0.2) is 14.7 Å². The van der Waals surface area contributed by atoms with Crippen LogP contribution in [-0.2, 0) is 11.3 Å². The highest BCUT2D eigenvalue weighted by Gasteiger charge is 2.35. The first-order valence-electron chi connectivity index (χ1n) is 9.69. The maximum Gasteiger partial charge on any atom is 0.270 e. The molecule has 11 heteroatoms. The smallest absolute Gasteiger partial charge is 0.270 e. The highest BCUT2D eigenvalue weighted by atomic mass is 32.1. The van der Waals surface area contributed by atoms with Crippen LogP contribution < -0.4 is 0 Å². The van der Waals surface area contributed by atoms with E-state index in [-0.39, 0.29) is 24.2 Å². The Morgan fingerprint density at radius 3 is 2.91 bits per heavy atom. The first-order valence-corrected chi connectivity index (χ1v) is 10.6. The number of hydrogen-bond acceptors (Lipinski definition) is 8. The largest absolute Gasteiger partial charge is 0.467 e. The lowest BCUT2D eigenvalue weighted by atomic mass is 10.1. The molecule has 160 valence electrons. The summed E-state index contributed by atoms with van der Waals surface area (Å²) in [5.74, 6) is 0.686. The van der Waals surface area contributed by atoms with Gasteiger partial charge < -0.3 is 4.42 Å². The Morgan fingerprint density at radius 1 is 1.25 bits per heavy atom. The lowest BCUT2D eigenvalue weighted by Gasteiger charge is -2.19. The number of non-ortho nitro benzene ring substituents is 1. The van der Waals surface area contributed by atoms with Gasteiger partial charge in [-0.05, 0) is 23.6 Å². The molecule has 1 aromatic carbocycles. The van der Waals surface area contributed by atoms with Gasteiger partial charge in [-0.3, -0.25) is 14.9 Å². The fourth-order valence-corrected chi connectivity index (χ4v) is 4.23. The van der Waals surface area contributed by atoms with Crippen molar-refractivity contribution in [3.8, 4) is 11.4 Å². The van der Waals surface area contributed by atoms with Crippen molar-refractivity contribution in [2.45, 2.75) is 19.0 Å². The van der Waals surface area contributed by atoms with Gasteiger partial charge in [-0.15, -0.1) is 11.3 Å². The molecular formula is C21H16N6O4S. The van der Waals surface area contributed by atoms with Crippen molar-refractivity contribution in [2.75, 3.05) is 0 Å². The van der Waals surface area contributed by atoms with Crippen molar-refractivity contribution in [3.63, 3.8) is 0 Å². The molecular weight excluding hydrogens is 432 g/mol. The predicted molar refractivity (Wildman–Crippen MR) is 116 cm³/mol. The van der Waals surface area contributed by atoms with Crippen LogP contribution in [0.3, 0.4) is 0 Å². The summed E-state index contributed by atoms with van der Waals surface area (Å²) in [7, 11) is 0. The van der Waals surface area contributed by atoms with Gasteiger partial charge >= 0.3 is 0 Å². The zero-order chi connectivity index (χ0) is 22.1. The van der Waals surface area contributed by atoms with E-state index in [1.165, 1.54) is 28.2 Å². The van der Waals surface area contributed by atoms with E-state index in [2.05, 4.69) is 15.2 Å². The van der Waals surface area contributed by atoms with Crippen LogP contribution in [0.1, 0.15) is 23.1 Å². The second kappa shape index (κ2) is 8.19. The van der Waals surface area contributed by atoms with E-state index in [0.29, 0.717) is 23.6 Å². The van der Waals surface area contributed by atoms with Crippen molar-refractivity contribution < 1.29 is 14.1 Å². The highest BCUT2D eigenvalue weighted by Crippen LogP contribution is 2.34. The van der Waals surface area contributed by atoms with E-state index in [9.17, 15) is 14.9 Å². The number of hydrazone groups is 1. The quantitative estimate of drug-likeness (QED) is 0.326. The fourth-order valence-electron chi connectivity index (χ4n) is 3.51. The standard InChI is InChI=1S/C21H16N6O4S/c28-20(12-25-13-22-21(24-25)14-4-1-5-15(10-14)27(29)30)26-17(18-6-2-8-31-18)11-16(23-26)19-7-3-9-32-19/h1-10,13,17H,11-12H2. The van der Waals surface area contributed by atoms with Gasteiger partial charge in [0.2, 0.25) is 0 Å². The molecule has 5 rings (SSSR count). The van der Waals surface area contributed by atoms with Gasteiger partial charge in [0.1, 0.15) is 24.7 Å². The molecule has 1 aliphatic heterocycles. The van der Waals surface area contributed by atoms with Crippen molar-refractivity contribution in [1.82, 2.24) is 19.8 Å². The third-order valence-corrected chi connectivity index (χ3v) is 5.91. The number of carbonyl (C=O) groups excluding carboxylic acids is 1. The van der Waals surface area contributed by atoms with Crippen molar-refractivity contribution in [3.05, 3.63) is 87.3 Å². The number of thiophene rings is 1. The molecule has 0 N–H and O–H groups in total. The number of nitro groups is 1. The van der Waals surface area contributed by atoms with Crippen LogP contribution in [0.25, 0.3) is 11.4 Å². The molecule has 0 fully saturated rings. The highest BCUT2D eigenvalue weighted by molar-refractivity contribution is 7.12. The summed E-state index contributed by atoms with van der Waals surface area (Å²) in [6, 6.07) is 13.2. The number of nitro benzene ring substituents is 1. The van der Waals surface area contributed by atoms with Crippen LogP contribution in [0, 0.1) is 10.1 Å². The molecule has 0 aliphatic carbocycles. The Hall–Kier alpha value is -4.12. The van der Waals surface area contributed by atoms with Gasteiger partial charge in [0, 0.05) is 24.1 Å². The second-order valence-corrected chi connectivity index (χ2v) is 8.02. The molecule has 1 unspecified atom stereocenters. The topological polar surface area (TPSA) is 120 Å². The lowest BCUT2D eigenvalue weighted by Crippen LogP contribution is -2.30. The van der Waals surface area contributed by atoms with Crippen LogP contribution >= 0.6 is 11.3 Å². The normalized spacial score (nSPS) is 15.7. The van der Waals surface area contributed by atoms with E-state index < -0.39 is 4.92 Å². The summed E-state index contributed by atoms with van der Waals surface area (Å²) in [5, 5.41) is 23.3. The third kappa shape index (κ3) is 3.81. The average molecular weight is 448 g/mol. The molecule has 1 aliphatic rings. The van der Waals surface area contributed by atoms with Crippen LogP contribution in [-0.4, -0.2) is 36.3 Å². The minimum absolute atomic E-state index is 0.0521. The minimum Gasteiger partial charge on any atom is -0.467 e. The van der Waals surface area contributed by atoms with E-state index in [0.717, 1.165) is 10.6 Å². The zero-order valence-corrected chi connectivity index (χ0v) is 17.4. The summed E-state index contributed by atoms with van der Waals surface area (Å²) in [5.41, 5.74) is 1.27. The fraction of sp³-hybridized carbons (Fsp3) is 0.143. The van der Waals surface area contributed by atoms with E-state index in [4.69, 9.17) is 4.42 Å². The summed E-state index contributed by atoms with van der Waals surface area (Å²) in [6.07, 6.45) is 3.55. The zero-order valence-electron chi connectivity index (χ0n) is 16.6. The van der Waals surface area contributed by atoms with Gasteiger partial charge in [0.05, 0.1) is 21.8 Å². The molecule has 1 atom stereocenters. The summed E-state index contributed by atoms with van der Waals surface area (Å²) in [4.78, 5) is 28.9. The van der Waals surface area contributed by atoms with Crippen molar-refractivity contribution in [1.29, 1.82) is 0 Å². The van der Waals surface area contributed by atoms with Crippen molar-refractivity contribution in [2.24, 2.45) is 5.10 Å². The summed E-state index contributed by atoms with van der Waals surface area (Å²) >= 11 is 1.57. The monoisotopic (exact) mass is 448 g/mol. The second-order valence-electron chi connectivity index (χ2n) is 7.07. The van der Waals surface area contributed by atoms with Crippen LogP contribution in [0.2, 0.25) is 0 Å². The van der Waals surface area contributed by atoms with E-state index in [1.807, 2.05) is 23.6 Å². The molecule has 10 nitrogen and oxygen atoms in total. The van der Waals surface area contributed by atoms with Crippen molar-refractivity contribution >= 4 is 28.6 Å². The van der Waals surface area contributed by atoms with Gasteiger partial charge in [0.25, 0.3) is 11.6 Å². The number of benzene rings is 1. The molecule has 4 aromatic rings. The van der Waals surface area contributed by atoms with Crippen LogP contribution in [0.15, 0.2) is 76.0 Å². The summed E-state index contributed by atoms with van der Waals surface area (Å²) < 4.78 is 6.95. The van der Waals surface area contributed by atoms with Gasteiger partial charge in [-0.2, -0.15) is 10.2 Å². The number of furan rings is 1. The molecule has 0 saturated carbocycles. The molecule has 4 heterocycles. The summed E-state index contributed by atoms with van der Waals surface area (Å²) in [6.45, 7) is -0.0830. The lowest BCUT2D eigenvalue weighted by molar-refractivity contribution is -0.384. The first kappa shape index (κ1) is 19.8. The Labute approximate surface area is 185 Å². The Bertz CT molecular complexity index is 1300. The maximum atomic E-state index is 13.1. The predicted octanol–water partition coefficient (Wildman–Crippen LogP) is 3.89. The third-order valence-electron chi connectivity index (χ3n) is 4.99. The molecule has 0 radical (unpaired) electrons. The molecule has 32 heavy (non-hydrogen) atoms. The number of hydrogen-bond donors (Lipinski definition) is 0. The van der Waals surface area contributed by atoms with E-state index >= 15 is 0 Å². The minimum atomic E-state index is -0.477. The number of nitrogens with zero attached hydrogens (tertiary/aromatic N) is 6. The Morgan fingerprint density at radius 2 is 2.16 bits per heavy atom. The van der Waals surface area contributed by atoms with Gasteiger partial charge in [-0.1, -0.05) is 18.2 Å². The molecule has 1 amide bonds. The molecule has 3 aromatic heterocycles. The molecule has 0 spiro atoms. The van der Waals surface area contributed by atoms with Crippen LogP contribution in [0.4, 0.5) is 5.69 Å². The molecule has 0 saturated heterocycles. The average Bonchev–Trinajstić information content (AvgIpc) is 3.60. The number of carbonyl (C=O) groups is 1.